The highest BCUT2D eigenvalue weighted by molar-refractivity contribution is 5.30. The van der Waals surface area contributed by atoms with E-state index in [9.17, 15) is 0 Å². The highest BCUT2D eigenvalue weighted by Gasteiger charge is 2.33. The fraction of sp³-hybridized carbons (Fsp3) is 0.500. The third-order valence-corrected chi connectivity index (χ3v) is 3.76. The molecular formula is C16H25N. The largest absolute Gasteiger partial charge is 0.324 e. The third kappa shape index (κ3) is 2.98. The lowest BCUT2D eigenvalue weighted by Gasteiger charge is -2.37. The van der Waals surface area contributed by atoms with Gasteiger partial charge in [-0.3, -0.25) is 0 Å². The molecule has 1 rings (SSSR count). The maximum Gasteiger partial charge on any atom is 0.0324 e. The molecule has 0 aromatic heterocycles. The van der Waals surface area contributed by atoms with E-state index in [2.05, 4.69) is 64.1 Å². The minimum absolute atomic E-state index is 0.0680. The van der Waals surface area contributed by atoms with Gasteiger partial charge in [-0.25, -0.2) is 0 Å². The predicted molar refractivity (Wildman–Crippen MR) is 76.1 cm³/mol. The van der Waals surface area contributed by atoms with E-state index in [4.69, 9.17) is 5.73 Å². The minimum atomic E-state index is 0.0680. The maximum absolute atomic E-state index is 6.43. The second-order valence-electron chi connectivity index (χ2n) is 5.00. The van der Waals surface area contributed by atoms with Gasteiger partial charge in [-0.15, -0.1) is 0 Å². The van der Waals surface area contributed by atoms with Crippen molar-refractivity contribution < 1.29 is 0 Å². The molecule has 1 aromatic carbocycles. The van der Waals surface area contributed by atoms with Crippen LogP contribution in [-0.4, -0.2) is 6.04 Å². The molecule has 0 amide bonds. The highest BCUT2D eigenvalue weighted by atomic mass is 14.7. The van der Waals surface area contributed by atoms with E-state index in [1.165, 1.54) is 11.1 Å². The zero-order valence-electron chi connectivity index (χ0n) is 11.5. The van der Waals surface area contributed by atoms with Crippen molar-refractivity contribution in [2.75, 3.05) is 0 Å². The summed E-state index contributed by atoms with van der Waals surface area (Å²) in [5.41, 5.74) is 9.15. The molecule has 0 heterocycles. The molecule has 0 saturated carbocycles. The molecule has 1 nitrogen and oxygen atoms in total. The first-order valence-electron chi connectivity index (χ1n) is 6.53. The normalized spacial score (nSPS) is 13.2. The van der Waals surface area contributed by atoms with Crippen LogP contribution in [0.15, 0.2) is 42.0 Å². The molecule has 0 aliphatic rings. The van der Waals surface area contributed by atoms with Gasteiger partial charge in [0.2, 0.25) is 0 Å². The number of hydrogen-bond acceptors (Lipinski definition) is 1. The van der Waals surface area contributed by atoms with Crippen molar-refractivity contribution in [3.8, 4) is 0 Å². The van der Waals surface area contributed by atoms with E-state index in [1.54, 1.807) is 0 Å². The van der Waals surface area contributed by atoms with Gasteiger partial charge in [0.15, 0.2) is 0 Å². The topological polar surface area (TPSA) is 26.0 Å². The smallest absolute Gasteiger partial charge is 0.0324 e. The Morgan fingerprint density at radius 3 is 2.12 bits per heavy atom. The van der Waals surface area contributed by atoms with Crippen molar-refractivity contribution >= 4 is 0 Å². The number of benzene rings is 1. The van der Waals surface area contributed by atoms with Gasteiger partial charge in [-0.2, -0.15) is 0 Å². The summed E-state index contributed by atoms with van der Waals surface area (Å²) in [6.07, 6.45) is 4.33. The van der Waals surface area contributed by atoms with Gasteiger partial charge in [0.1, 0.15) is 0 Å². The van der Waals surface area contributed by atoms with Crippen LogP contribution in [0.5, 0.6) is 0 Å². The van der Waals surface area contributed by atoms with Crippen LogP contribution >= 0.6 is 0 Å². The van der Waals surface area contributed by atoms with Crippen LogP contribution in [-0.2, 0) is 5.41 Å². The van der Waals surface area contributed by atoms with Crippen LogP contribution in [0.3, 0.4) is 0 Å². The standard InChI is InChI=1S/C16H25N/c1-5-16(6-2,15(17)12-13(3)4)14-10-8-7-9-11-14/h7-12,15H,5-6,17H2,1-4H3. The molecule has 2 N–H and O–H groups in total. The Labute approximate surface area is 106 Å². The lowest BCUT2D eigenvalue weighted by atomic mass is 9.70. The summed E-state index contributed by atoms with van der Waals surface area (Å²) in [5.74, 6) is 0. The van der Waals surface area contributed by atoms with Gasteiger partial charge in [0.25, 0.3) is 0 Å². The average molecular weight is 231 g/mol. The number of allylic oxidation sites excluding steroid dienone is 1. The molecule has 1 heteroatoms. The first-order valence-corrected chi connectivity index (χ1v) is 6.53. The van der Waals surface area contributed by atoms with Gasteiger partial charge in [0, 0.05) is 11.5 Å². The monoisotopic (exact) mass is 231 g/mol. The second-order valence-corrected chi connectivity index (χ2v) is 5.00. The van der Waals surface area contributed by atoms with E-state index in [0.717, 1.165) is 12.8 Å². The molecule has 17 heavy (non-hydrogen) atoms. The molecule has 0 saturated heterocycles. The van der Waals surface area contributed by atoms with Gasteiger partial charge >= 0.3 is 0 Å². The van der Waals surface area contributed by atoms with Gasteiger partial charge in [-0.1, -0.05) is 55.8 Å². The number of nitrogens with two attached hydrogens (primary N) is 1. The van der Waals surface area contributed by atoms with E-state index >= 15 is 0 Å². The van der Waals surface area contributed by atoms with Crippen molar-refractivity contribution in [1.29, 1.82) is 0 Å². The van der Waals surface area contributed by atoms with E-state index in [1.807, 2.05) is 0 Å². The van der Waals surface area contributed by atoms with Gasteiger partial charge in [0.05, 0.1) is 0 Å². The van der Waals surface area contributed by atoms with Crippen LogP contribution in [0, 0.1) is 0 Å². The Balaban J connectivity index is 3.18. The van der Waals surface area contributed by atoms with E-state index in [-0.39, 0.29) is 11.5 Å². The molecule has 1 unspecified atom stereocenters. The summed E-state index contributed by atoms with van der Waals surface area (Å²) in [7, 11) is 0. The lowest BCUT2D eigenvalue weighted by Crippen LogP contribution is -2.43. The summed E-state index contributed by atoms with van der Waals surface area (Å²) in [6.45, 7) is 8.69. The molecule has 0 fully saturated rings. The summed E-state index contributed by atoms with van der Waals surface area (Å²) in [5, 5.41) is 0. The quantitative estimate of drug-likeness (QED) is 0.760. The zero-order chi connectivity index (χ0) is 12.9. The first-order chi connectivity index (χ1) is 8.06. The highest BCUT2D eigenvalue weighted by Crippen LogP contribution is 2.35. The van der Waals surface area contributed by atoms with E-state index < -0.39 is 0 Å². The van der Waals surface area contributed by atoms with Crippen LogP contribution in [0.2, 0.25) is 0 Å². The Morgan fingerprint density at radius 2 is 1.71 bits per heavy atom. The van der Waals surface area contributed by atoms with Crippen LogP contribution in [0.25, 0.3) is 0 Å². The van der Waals surface area contributed by atoms with Crippen LogP contribution in [0.4, 0.5) is 0 Å². The molecule has 1 aromatic rings. The molecule has 0 bridgehead atoms. The summed E-state index contributed by atoms with van der Waals surface area (Å²) < 4.78 is 0. The zero-order valence-corrected chi connectivity index (χ0v) is 11.5. The summed E-state index contributed by atoms with van der Waals surface area (Å²) in [6, 6.07) is 10.8. The third-order valence-electron chi connectivity index (χ3n) is 3.76. The molecule has 94 valence electrons. The fourth-order valence-electron chi connectivity index (χ4n) is 2.61. The maximum atomic E-state index is 6.43. The number of hydrogen-bond donors (Lipinski definition) is 1. The molecule has 0 aliphatic carbocycles. The van der Waals surface area contributed by atoms with Crippen molar-refractivity contribution in [3.63, 3.8) is 0 Å². The molecule has 0 radical (unpaired) electrons. The van der Waals surface area contributed by atoms with Crippen molar-refractivity contribution in [1.82, 2.24) is 0 Å². The number of rotatable bonds is 5. The molecule has 0 spiro atoms. The van der Waals surface area contributed by atoms with Crippen LogP contribution < -0.4 is 5.73 Å². The second kappa shape index (κ2) is 6.02. The summed E-state index contributed by atoms with van der Waals surface area (Å²) in [4.78, 5) is 0. The Bertz CT molecular complexity index is 356. The van der Waals surface area contributed by atoms with Gasteiger partial charge < -0.3 is 5.73 Å². The van der Waals surface area contributed by atoms with Gasteiger partial charge in [-0.05, 0) is 32.3 Å². The Morgan fingerprint density at radius 1 is 1.18 bits per heavy atom. The van der Waals surface area contributed by atoms with E-state index in [0.29, 0.717) is 0 Å². The lowest BCUT2D eigenvalue weighted by molar-refractivity contribution is 0.355. The fourth-order valence-corrected chi connectivity index (χ4v) is 2.61. The SMILES string of the molecule is CCC(CC)(c1ccccc1)C(N)C=C(C)C. The Hall–Kier alpha value is -1.08. The van der Waals surface area contributed by atoms with Crippen molar-refractivity contribution in [2.24, 2.45) is 5.73 Å². The molecule has 1 atom stereocenters. The van der Waals surface area contributed by atoms with Crippen molar-refractivity contribution in [2.45, 2.75) is 52.0 Å². The predicted octanol–water partition coefficient (Wildman–Crippen LogP) is 4.04. The minimum Gasteiger partial charge on any atom is -0.324 e. The summed E-state index contributed by atoms with van der Waals surface area (Å²) >= 11 is 0. The first kappa shape index (κ1) is 14.0. The average Bonchev–Trinajstić information content (AvgIpc) is 2.32. The molecular weight excluding hydrogens is 206 g/mol. The molecule has 0 aliphatic heterocycles. The van der Waals surface area contributed by atoms with Crippen molar-refractivity contribution in [3.05, 3.63) is 47.5 Å². The van der Waals surface area contributed by atoms with Crippen LogP contribution in [0.1, 0.15) is 46.1 Å². The Kier molecular flexibility index (Phi) is 4.95.